The van der Waals surface area contributed by atoms with Crippen LogP contribution in [0.1, 0.15) is 22.3 Å². The van der Waals surface area contributed by atoms with Crippen LogP contribution in [-0.4, -0.2) is 4.99 Å². The summed E-state index contributed by atoms with van der Waals surface area (Å²) in [5.41, 5.74) is 9.00. The van der Waals surface area contributed by atoms with E-state index in [1.165, 1.54) is 0 Å². The molecule has 0 saturated carbocycles. The molecule has 2 rings (SSSR count). The van der Waals surface area contributed by atoms with Gasteiger partial charge in [-0.05, 0) is 44.0 Å². The summed E-state index contributed by atoms with van der Waals surface area (Å²) in [6.45, 7) is 5.75. The van der Waals surface area contributed by atoms with Crippen molar-refractivity contribution in [3.63, 3.8) is 0 Å². The Morgan fingerprint density at radius 3 is 1.86 bits per heavy atom. The molecule has 3 N–H and O–H groups in total. The van der Waals surface area contributed by atoms with E-state index in [-0.39, 0.29) is 16.2 Å². The normalized spacial score (nSPS) is 10.5. The fourth-order valence-electron chi connectivity index (χ4n) is 2.34. The monoisotopic (exact) mass is 306 g/mol. The van der Waals surface area contributed by atoms with E-state index < -0.39 is 11.6 Å². The minimum Gasteiger partial charge on any atom is -0.389 e. The van der Waals surface area contributed by atoms with Crippen LogP contribution in [0.4, 0.5) is 20.2 Å². The highest BCUT2D eigenvalue weighted by molar-refractivity contribution is 7.80. The van der Waals surface area contributed by atoms with Gasteiger partial charge in [-0.15, -0.1) is 0 Å². The van der Waals surface area contributed by atoms with Crippen molar-refractivity contribution in [1.82, 2.24) is 0 Å². The molecule has 0 atom stereocenters. The lowest BCUT2D eigenvalue weighted by atomic mass is 10.0. The third kappa shape index (κ3) is 3.19. The summed E-state index contributed by atoms with van der Waals surface area (Å²) in [5, 5.41) is 2.84. The van der Waals surface area contributed by atoms with Crippen LogP contribution < -0.4 is 11.1 Å². The average Bonchev–Trinajstić information content (AvgIpc) is 2.35. The maximum Gasteiger partial charge on any atom is 0.150 e. The number of aryl methyl sites for hydroxylation is 3. The number of halogens is 2. The topological polar surface area (TPSA) is 38.0 Å². The molecular formula is C16H16F2N2S. The van der Waals surface area contributed by atoms with Gasteiger partial charge in [0.25, 0.3) is 0 Å². The summed E-state index contributed by atoms with van der Waals surface area (Å²) in [4.78, 5) is -0.0398. The Bertz CT molecular complexity index is 680. The molecule has 0 heterocycles. The molecule has 0 bridgehead atoms. The maximum atomic E-state index is 14.1. The van der Waals surface area contributed by atoms with E-state index in [0.29, 0.717) is 5.69 Å². The molecule has 0 aromatic heterocycles. The second kappa shape index (κ2) is 5.77. The number of benzene rings is 2. The van der Waals surface area contributed by atoms with Gasteiger partial charge in [0, 0.05) is 11.3 Å². The molecule has 0 spiro atoms. The van der Waals surface area contributed by atoms with Gasteiger partial charge >= 0.3 is 0 Å². The van der Waals surface area contributed by atoms with Gasteiger partial charge in [0.2, 0.25) is 0 Å². The third-order valence-corrected chi connectivity index (χ3v) is 3.49. The van der Waals surface area contributed by atoms with Gasteiger partial charge in [-0.2, -0.15) is 0 Å². The minimum absolute atomic E-state index is 0.0398. The van der Waals surface area contributed by atoms with Crippen LogP contribution in [0.3, 0.4) is 0 Å². The fourth-order valence-corrected chi connectivity index (χ4v) is 2.45. The molecule has 5 heteroatoms. The lowest BCUT2D eigenvalue weighted by Crippen LogP contribution is -2.11. The Labute approximate surface area is 128 Å². The van der Waals surface area contributed by atoms with E-state index >= 15 is 0 Å². The molecule has 21 heavy (non-hydrogen) atoms. The highest BCUT2D eigenvalue weighted by Crippen LogP contribution is 2.29. The number of anilines is 2. The quantitative estimate of drug-likeness (QED) is 0.832. The molecule has 0 aliphatic heterocycles. The summed E-state index contributed by atoms with van der Waals surface area (Å²) in [5.74, 6) is -1.45. The van der Waals surface area contributed by atoms with E-state index in [4.69, 9.17) is 18.0 Å². The average molecular weight is 306 g/mol. The summed E-state index contributed by atoms with van der Waals surface area (Å²) in [6, 6.07) is 6.17. The maximum absolute atomic E-state index is 14.1. The molecule has 110 valence electrons. The van der Waals surface area contributed by atoms with Gasteiger partial charge in [0.15, 0.2) is 0 Å². The van der Waals surface area contributed by atoms with Crippen molar-refractivity contribution in [1.29, 1.82) is 0 Å². The van der Waals surface area contributed by atoms with Crippen LogP contribution in [-0.2, 0) is 0 Å². The Morgan fingerprint density at radius 1 is 0.952 bits per heavy atom. The fraction of sp³-hybridized carbons (Fsp3) is 0.188. The van der Waals surface area contributed by atoms with E-state index in [1.54, 1.807) is 0 Å². The highest BCUT2D eigenvalue weighted by atomic mass is 32.1. The molecule has 2 nitrogen and oxygen atoms in total. The first-order chi connectivity index (χ1) is 9.79. The summed E-state index contributed by atoms with van der Waals surface area (Å²) in [6.07, 6.45) is 0. The van der Waals surface area contributed by atoms with Crippen LogP contribution in [0.15, 0.2) is 24.3 Å². The molecule has 0 aliphatic carbocycles. The lowest BCUT2D eigenvalue weighted by Gasteiger charge is -2.15. The molecule has 0 radical (unpaired) electrons. The number of thiocarbonyl (C=S) groups is 1. The van der Waals surface area contributed by atoms with Crippen molar-refractivity contribution in [3.05, 3.63) is 58.2 Å². The Balaban J connectivity index is 2.48. The Kier molecular flexibility index (Phi) is 4.23. The first-order valence-electron chi connectivity index (χ1n) is 6.43. The number of rotatable bonds is 3. The van der Waals surface area contributed by atoms with Gasteiger partial charge in [0.05, 0.1) is 0 Å². The highest BCUT2D eigenvalue weighted by Gasteiger charge is 2.14. The third-order valence-electron chi connectivity index (χ3n) is 3.25. The van der Waals surface area contributed by atoms with Crippen molar-refractivity contribution >= 4 is 28.6 Å². The van der Waals surface area contributed by atoms with Crippen LogP contribution in [0.25, 0.3) is 0 Å². The van der Waals surface area contributed by atoms with Crippen molar-refractivity contribution < 1.29 is 8.78 Å². The molecule has 0 unspecified atom stereocenters. The van der Waals surface area contributed by atoms with E-state index in [2.05, 4.69) is 5.32 Å². The van der Waals surface area contributed by atoms with Crippen LogP contribution in [0, 0.1) is 32.4 Å². The molecule has 2 aromatic rings. The van der Waals surface area contributed by atoms with E-state index in [0.717, 1.165) is 28.8 Å². The van der Waals surface area contributed by atoms with Crippen molar-refractivity contribution in [2.24, 2.45) is 5.73 Å². The predicted octanol–water partition coefficient (Wildman–Crippen LogP) is 4.27. The number of hydrogen-bond donors (Lipinski definition) is 2. The molecule has 0 saturated heterocycles. The largest absolute Gasteiger partial charge is 0.389 e. The second-order valence-electron chi connectivity index (χ2n) is 5.08. The predicted molar refractivity (Wildman–Crippen MR) is 86.2 cm³/mol. The lowest BCUT2D eigenvalue weighted by molar-refractivity contribution is 0.590. The van der Waals surface area contributed by atoms with Crippen LogP contribution in [0.2, 0.25) is 0 Å². The molecule has 2 aromatic carbocycles. The minimum atomic E-state index is -0.725. The van der Waals surface area contributed by atoms with Crippen molar-refractivity contribution in [3.8, 4) is 0 Å². The van der Waals surface area contributed by atoms with Gasteiger partial charge in [-0.3, -0.25) is 0 Å². The van der Waals surface area contributed by atoms with Crippen LogP contribution >= 0.6 is 12.2 Å². The van der Waals surface area contributed by atoms with Crippen molar-refractivity contribution in [2.45, 2.75) is 20.8 Å². The number of nitrogens with two attached hydrogens (primary N) is 1. The number of hydrogen-bond acceptors (Lipinski definition) is 2. The molecular weight excluding hydrogens is 290 g/mol. The molecule has 0 amide bonds. The zero-order chi connectivity index (χ0) is 15.7. The Morgan fingerprint density at radius 2 is 1.43 bits per heavy atom. The van der Waals surface area contributed by atoms with Gasteiger partial charge < -0.3 is 11.1 Å². The van der Waals surface area contributed by atoms with Gasteiger partial charge in [-0.1, -0.05) is 29.9 Å². The van der Waals surface area contributed by atoms with Gasteiger partial charge in [-0.25, -0.2) is 8.78 Å². The van der Waals surface area contributed by atoms with Crippen LogP contribution in [0.5, 0.6) is 0 Å². The summed E-state index contributed by atoms with van der Waals surface area (Å²) < 4.78 is 28.2. The number of nitrogens with one attached hydrogen (secondary N) is 1. The Hall–Kier alpha value is -2.01. The van der Waals surface area contributed by atoms with E-state index in [1.807, 2.05) is 32.9 Å². The SMILES string of the molecule is Cc1cc(C)c(Nc2c(F)cc(C(N)=S)cc2F)c(C)c1. The van der Waals surface area contributed by atoms with Crippen molar-refractivity contribution in [2.75, 3.05) is 5.32 Å². The zero-order valence-corrected chi connectivity index (χ0v) is 12.9. The van der Waals surface area contributed by atoms with E-state index in [9.17, 15) is 8.78 Å². The first-order valence-corrected chi connectivity index (χ1v) is 6.84. The first kappa shape index (κ1) is 15.4. The zero-order valence-electron chi connectivity index (χ0n) is 12.1. The summed E-state index contributed by atoms with van der Waals surface area (Å²) >= 11 is 4.73. The summed E-state index contributed by atoms with van der Waals surface area (Å²) in [7, 11) is 0. The molecule has 0 aliphatic rings. The molecule has 0 fully saturated rings. The smallest absolute Gasteiger partial charge is 0.150 e. The standard InChI is InChI=1S/C16H16F2N2S/c1-8-4-9(2)14(10(3)5-8)20-15-12(17)6-11(16(19)21)7-13(15)18/h4-7,20H,1-3H3,(H2,19,21). The second-order valence-corrected chi connectivity index (χ2v) is 5.52. The van der Waals surface area contributed by atoms with Gasteiger partial charge in [0.1, 0.15) is 22.3 Å².